The van der Waals surface area contributed by atoms with E-state index in [0.29, 0.717) is 4.90 Å². The Morgan fingerprint density at radius 3 is 2.38 bits per heavy atom. The molecule has 0 unspecified atom stereocenters. The van der Waals surface area contributed by atoms with E-state index < -0.39 is 21.7 Å². The minimum absolute atomic E-state index is 0.0318. The second-order valence-electron chi connectivity index (χ2n) is 6.20. The number of carbonyl (C=O) groups is 1. The van der Waals surface area contributed by atoms with Gasteiger partial charge in [0.05, 0.1) is 15.8 Å². The van der Waals surface area contributed by atoms with E-state index in [2.05, 4.69) is 0 Å². The summed E-state index contributed by atoms with van der Waals surface area (Å²) in [4.78, 5) is 14.3. The highest BCUT2D eigenvalue weighted by Crippen LogP contribution is 2.31. The molecule has 5 nitrogen and oxygen atoms in total. The minimum Gasteiger partial charge on any atom is -0.339 e. The van der Waals surface area contributed by atoms with Crippen molar-refractivity contribution in [2.24, 2.45) is 0 Å². The number of amides is 1. The first-order valence-corrected chi connectivity index (χ1v) is 11.7. The van der Waals surface area contributed by atoms with Crippen LogP contribution in [0.25, 0.3) is 0 Å². The van der Waals surface area contributed by atoms with Gasteiger partial charge in [0, 0.05) is 31.1 Å². The molecule has 1 heterocycles. The normalized spacial score (nSPS) is 15.5. The monoisotopic (exact) mass is 480 g/mol. The van der Waals surface area contributed by atoms with Crippen molar-refractivity contribution in [3.8, 4) is 0 Å². The highest BCUT2D eigenvalue weighted by atomic mass is 35.5. The molecular formula is C18H16Cl2F2N2O3S2. The highest BCUT2D eigenvalue weighted by Gasteiger charge is 2.31. The predicted molar refractivity (Wildman–Crippen MR) is 109 cm³/mol. The number of benzene rings is 2. The van der Waals surface area contributed by atoms with Gasteiger partial charge in [0.15, 0.2) is 11.6 Å². The maximum atomic E-state index is 13.2. The van der Waals surface area contributed by atoms with E-state index in [9.17, 15) is 22.0 Å². The molecule has 0 atom stereocenters. The van der Waals surface area contributed by atoms with E-state index in [1.165, 1.54) is 28.6 Å². The molecule has 0 radical (unpaired) electrons. The Labute approximate surface area is 181 Å². The summed E-state index contributed by atoms with van der Waals surface area (Å²) < 4.78 is 53.1. The lowest BCUT2D eigenvalue weighted by Crippen LogP contribution is -2.51. The Kier molecular flexibility index (Phi) is 7.06. The molecule has 3 rings (SSSR count). The van der Waals surface area contributed by atoms with Crippen LogP contribution in [0.4, 0.5) is 8.78 Å². The molecular weight excluding hydrogens is 465 g/mol. The van der Waals surface area contributed by atoms with Crippen molar-refractivity contribution in [2.75, 3.05) is 31.9 Å². The lowest BCUT2D eigenvalue weighted by Gasteiger charge is -2.34. The fourth-order valence-electron chi connectivity index (χ4n) is 2.80. The summed E-state index contributed by atoms with van der Waals surface area (Å²) in [6, 6.07) is 7.84. The topological polar surface area (TPSA) is 57.7 Å². The van der Waals surface area contributed by atoms with Crippen molar-refractivity contribution in [3.05, 3.63) is 58.1 Å². The van der Waals surface area contributed by atoms with E-state index in [0.717, 1.165) is 23.9 Å². The third-order valence-electron chi connectivity index (χ3n) is 4.38. The van der Waals surface area contributed by atoms with E-state index >= 15 is 0 Å². The molecule has 11 heteroatoms. The van der Waals surface area contributed by atoms with Gasteiger partial charge < -0.3 is 4.90 Å². The average molecular weight is 481 g/mol. The van der Waals surface area contributed by atoms with E-state index in [1.807, 2.05) is 0 Å². The molecule has 29 heavy (non-hydrogen) atoms. The first kappa shape index (κ1) is 22.3. The molecule has 0 aliphatic carbocycles. The quantitative estimate of drug-likeness (QED) is 0.609. The van der Waals surface area contributed by atoms with E-state index in [-0.39, 0.29) is 52.8 Å². The summed E-state index contributed by atoms with van der Waals surface area (Å²) in [6.45, 7) is 0.669. The fraction of sp³-hybridized carbons (Fsp3) is 0.278. The molecule has 2 aromatic carbocycles. The van der Waals surface area contributed by atoms with Gasteiger partial charge in [-0.15, -0.1) is 11.8 Å². The van der Waals surface area contributed by atoms with Gasteiger partial charge >= 0.3 is 0 Å². The lowest BCUT2D eigenvalue weighted by atomic mass is 10.3. The predicted octanol–water partition coefficient (Wildman–Crippen LogP) is 3.90. The molecule has 0 bridgehead atoms. The smallest absolute Gasteiger partial charge is 0.244 e. The second kappa shape index (κ2) is 9.18. The second-order valence-corrected chi connectivity index (χ2v) is 9.94. The summed E-state index contributed by atoms with van der Waals surface area (Å²) in [5.74, 6) is -2.09. The van der Waals surface area contributed by atoms with Crippen molar-refractivity contribution in [1.29, 1.82) is 0 Å². The summed E-state index contributed by atoms with van der Waals surface area (Å²) in [6.07, 6.45) is 0. The number of carbonyl (C=O) groups excluding carboxylic acids is 1. The molecule has 0 spiro atoms. The van der Waals surface area contributed by atoms with Crippen LogP contribution in [0.2, 0.25) is 10.0 Å². The van der Waals surface area contributed by atoms with Crippen LogP contribution < -0.4 is 0 Å². The van der Waals surface area contributed by atoms with Gasteiger partial charge in [-0.3, -0.25) is 4.79 Å². The molecule has 1 aliphatic rings. The van der Waals surface area contributed by atoms with Gasteiger partial charge in [0.25, 0.3) is 0 Å². The van der Waals surface area contributed by atoms with Gasteiger partial charge in [-0.05, 0) is 30.3 Å². The zero-order chi connectivity index (χ0) is 21.2. The molecule has 0 saturated carbocycles. The van der Waals surface area contributed by atoms with Crippen molar-refractivity contribution in [2.45, 2.75) is 9.79 Å². The summed E-state index contributed by atoms with van der Waals surface area (Å²) in [5.41, 5.74) is 0. The number of hydrogen-bond acceptors (Lipinski definition) is 4. The van der Waals surface area contributed by atoms with Crippen LogP contribution in [-0.4, -0.2) is 55.5 Å². The Morgan fingerprint density at radius 2 is 1.72 bits per heavy atom. The lowest BCUT2D eigenvalue weighted by molar-refractivity contribution is -0.129. The van der Waals surface area contributed by atoms with Gasteiger partial charge in [-0.2, -0.15) is 4.31 Å². The Morgan fingerprint density at radius 1 is 1.03 bits per heavy atom. The van der Waals surface area contributed by atoms with Gasteiger partial charge in [-0.1, -0.05) is 29.3 Å². The zero-order valence-electron chi connectivity index (χ0n) is 14.9. The number of rotatable bonds is 5. The van der Waals surface area contributed by atoms with Gasteiger partial charge in [-0.25, -0.2) is 17.2 Å². The number of halogens is 4. The first-order valence-electron chi connectivity index (χ1n) is 8.50. The third kappa shape index (κ3) is 5.03. The van der Waals surface area contributed by atoms with Crippen LogP contribution in [0.3, 0.4) is 0 Å². The SMILES string of the molecule is O=C(CSc1ccc(F)c(F)c1)N1CCN(S(=O)(=O)c2cccc(Cl)c2Cl)CC1. The van der Waals surface area contributed by atoms with Crippen molar-refractivity contribution in [3.63, 3.8) is 0 Å². The molecule has 2 aromatic rings. The van der Waals surface area contributed by atoms with Crippen LogP contribution in [0, 0.1) is 11.6 Å². The number of hydrogen-bond donors (Lipinski definition) is 0. The fourth-order valence-corrected chi connectivity index (χ4v) is 5.79. The van der Waals surface area contributed by atoms with Crippen LogP contribution in [0.5, 0.6) is 0 Å². The average Bonchev–Trinajstić information content (AvgIpc) is 2.70. The van der Waals surface area contributed by atoms with E-state index in [1.54, 1.807) is 4.90 Å². The Balaban J connectivity index is 1.58. The van der Waals surface area contributed by atoms with Crippen LogP contribution in [0.15, 0.2) is 46.2 Å². The van der Waals surface area contributed by atoms with Crippen molar-refractivity contribution in [1.82, 2.24) is 9.21 Å². The maximum absolute atomic E-state index is 13.2. The molecule has 1 amide bonds. The van der Waals surface area contributed by atoms with Crippen LogP contribution in [0.1, 0.15) is 0 Å². The minimum atomic E-state index is -3.83. The van der Waals surface area contributed by atoms with E-state index in [4.69, 9.17) is 23.2 Å². The first-order chi connectivity index (χ1) is 13.7. The summed E-state index contributed by atoms with van der Waals surface area (Å²) in [5, 5.41) is 0.117. The molecule has 1 fully saturated rings. The Hall–Kier alpha value is -1.39. The number of sulfonamides is 1. The standard InChI is InChI=1S/C18H16Cl2F2N2O3S2/c19-13-2-1-3-16(18(13)20)29(26,27)24-8-6-23(7-9-24)17(25)11-28-12-4-5-14(21)15(22)10-12/h1-5,10H,6-9,11H2. The number of nitrogens with zero attached hydrogens (tertiary/aromatic N) is 2. The maximum Gasteiger partial charge on any atom is 0.244 e. The number of piperazine rings is 1. The molecule has 1 saturated heterocycles. The highest BCUT2D eigenvalue weighted by molar-refractivity contribution is 8.00. The van der Waals surface area contributed by atoms with Gasteiger partial charge in [0.2, 0.25) is 15.9 Å². The summed E-state index contributed by atoms with van der Waals surface area (Å²) >= 11 is 13.0. The van der Waals surface area contributed by atoms with Crippen molar-refractivity contribution >= 4 is 50.9 Å². The zero-order valence-corrected chi connectivity index (χ0v) is 18.1. The summed E-state index contributed by atoms with van der Waals surface area (Å²) in [7, 11) is -3.83. The Bertz CT molecular complexity index is 1030. The molecule has 0 aromatic heterocycles. The largest absolute Gasteiger partial charge is 0.339 e. The van der Waals surface area contributed by atoms with Crippen LogP contribution >= 0.6 is 35.0 Å². The molecule has 1 aliphatic heterocycles. The molecule has 0 N–H and O–H groups in total. The van der Waals surface area contributed by atoms with Crippen molar-refractivity contribution < 1.29 is 22.0 Å². The molecule has 156 valence electrons. The number of thioether (sulfide) groups is 1. The third-order valence-corrected chi connectivity index (χ3v) is 8.23. The van der Waals surface area contributed by atoms with Crippen LogP contribution in [-0.2, 0) is 14.8 Å². The van der Waals surface area contributed by atoms with Gasteiger partial charge in [0.1, 0.15) is 4.90 Å².